The number of aromatic nitrogens is 2. The van der Waals surface area contributed by atoms with Crippen molar-refractivity contribution < 1.29 is 14.2 Å². The van der Waals surface area contributed by atoms with Crippen molar-refractivity contribution >= 4 is 30.6 Å². The molecule has 1 aromatic heterocycles. The number of para-hydroxylation sites is 2. The average Bonchev–Trinajstić information content (AvgIpc) is 2.75. The van der Waals surface area contributed by atoms with Gasteiger partial charge in [0.1, 0.15) is 18.5 Å². The molecule has 0 radical (unpaired) electrons. The Bertz CT molecular complexity index is 846. The number of ether oxygens (including phenoxy) is 3. The fourth-order valence-corrected chi connectivity index (χ4v) is 3.34. The van der Waals surface area contributed by atoms with Gasteiger partial charge in [0.2, 0.25) is 0 Å². The van der Waals surface area contributed by atoms with E-state index in [0.29, 0.717) is 32.9 Å². The Kier molecular flexibility index (Phi) is 9.71. The smallest absolute Gasteiger partial charge is 0.266 e. The molecule has 10 heteroatoms. The van der Waals surface area contributed by atoms with Crippen molar-refractivity contribution in [2.75, 3.05) is 50.9 Å². The maximum absolute atomic E-state index is 12.1. The maximum Gasteiger partial charge on any atom is 0.266 e. The third-order valence-corrected chi connectivity index (χ3v) is 4.85. The Balaban J connectivity index is 0.00000160. The molecule has 1 N–H and O–H groups in total. The SMILES string of the molecule is Cl.Cl.O=c1ccc(N2CCOCC2)nn1CCCNCC1COc2ccccc2O1. The Labute approximate surface area is 188 Å². The molecule has 3 heterocycles. The minimum atomic E-state index is -0.0716. The lowest BCUT2D eigenvalue weighted by molar-refractivity contribution is 0.0904. The zero-order valence-corrected chi connectivity index (χ0v) is 18.3. The number of morpholine rings is 1. The molecule has 2 aromatic rings. The number of hydrogen-bond acceptors (Lipinski definition) is 7. The summed E-state index contributed by atoms with van der Waals surface area (Å²) in [6.45, 7) is 5.59. The van der Waals surface area contributed by atoms with Crippen LogP contribution < -0.4 is 25.2 Å². The van der Waals surface area contributed by atoms with Crippen molar-refractivity contribution in [2.45, 2.75) is 19.1 Å². The minimum Gasteiger partial charge on any atom is -0.486 e. The largest absolute Gasteiger partial charge is 0.486 e. The molecular weight excluding hydrogens is 431 g/mol. The molecule has 1 fully saturated rings. The zero-order chi connectivity index (χ0) is 19.2. The number of halogens is 2. The van der Waals surface area contributed by atoms with Gasteiger partial charge in [0, 0.05) is 32.2 Å². The summed E-state index contributed by atoms with van der Waals surface area (Å²) in [5, 5.41) is 7.89. The van der Waals surface area contributed by atoms with Gasteiger partial charge in [0.15, 0.2) is 11.5 Å². The van der Waals surface area contributed by atoms with Crippen molar-refractivity contribution in [2.24, 2.45) is 0 Å². The fraction of sp³-hybridized carbons (Fsp3) is 0.500. The molecule has 0 bridgehead atoms. The van der Waals surface area contributed by atoms with Crippen LogP contribution in [0, 0.1) is 0 Å². The highest BCUT2D eigenvalue weighted by molar-refractivity contribution is 5.85. The molecule has 0 saturated carbocycles. The number of nitrogens with one attached hydrogen (secondary N) is 1. The summed E-state index contributed by atoms with van der Waals surface area (Å²) in [5.74, 6) is 2.42. The van der Waals surface area contributed by atoms with Crippen molar-refractivity contribution in [3.63, 3.8) is 0 Å². The Morgan fingerprint density at radius 2 is 1.83 bits per heavy atom. The van der Waals surface area contributed by atoms with E-state index in [1.54, 1.807) is 16.8 Å². The number of aryl methyl sites for hydroxylation is 1. The van der Waals surface area contributed by atoms with Crippen molar-refractivity contribution in [1.29, 1.82) is 0 Å². The molecule has 166 valence electrons. The summed E-state index contributed by atoms with van der Waals surface area (Å²) in [7, 11) is 0. The molecule has 0 amide bonds. The summed E-state index contributed by atoms with van der Waals surface area (Å²) in [5.41, 5.74) is -0.0716. The van der Waals surface area contributed by atoms with Gasteiger partial charge in [0.05, 0.1) is 13.2 Å². The van der Waals surface area contributed by atoms with E-state index >= 15 is 0 Å². The lowest BCUT2D eigenvalue weighted by atomic mass is 10.2. The van der Waals surface area contributed by atoms with Crippen LogP contribution >= 0.6 is 24.8 Å². The van der Waals surface area contributed by atoms with Gasteiger partial charge in [0.25, 0.3) is 5.56 Å². The van der Waals surface area contributed by atoms with Crippen LogP contribution in [0.5, 0.6) is 11.5 Å². The van der Waals surface area contributed by atoms with Crippen molar-refractivity contribution in [1.82, 2.24) is 15.1 Å². The molecule has 30 heavy (non-hydrogen) atoms. The predicted octanol–water partition coefficient (Wildman–Crippen LogP) is 1.74. The molecule has 4 rings (SSSR count). The van der Waals surface area contributed by atoms with Gasteiger partial charge < -0.3 is 24.4 Å². The van der Waals surface area contributed by atoms with Gasteiger partial charge in [-0.2, -0.15) is 5.10 Å². The van der Waals surface area contributed by atoms with E-state index in [9.17, 15) is 4.79 Å². The van der Waals surface area contributed by atoms with Crippen LogP contribution in [0.25, 0.3) is 0 Å². The van der Waals surface area contributed by atoms with Gasteiger partial charge >= 0.3 is 0 Å². The molecule has 0 spiro atoms. The van der Waals surface area contributed by atoms with Gasteiger partial charge in [-0.25, -0.2) is 4.68 Å². The van der Waals surface area contributed by atoms with Crippen LogP contribution in [0.15, 0.2) is 41.2 Å². The van der Waals surface area contributed by atoms with Gasteiger partial charge in [-0.05, 0) is 31.2 Å². The van der Waals surface area contributed by atoms with Crippen LogP contribution in [0.3, 0.4) is 0 Å². The molecular formula is C20H28Cl2N4O4. The van der Waals surface area contributed by atoms with Crippen molar-refractivity contribution in [3.05, 3.63) is 46.8 Å². The third kappa shape index (κ3) is 6.25. The lowest BCUT2D eigenvalue weighted by Crippen LogP contribution is -2.39. The van der Waals surface area contributed by atoms with Gasteiger partial charge in [-0.3, -0.25) is 4.79 Å². The number of rotatable bonds is 7. The molecule has 2 aliphatic rings. The topological polar surface area (TPSA) is 77.9 Å². The maximum atomic E-state index is 12.1. The number of anilines is 1. The van der Waals surface area contributed by atoms with Crippen LogP contribution in [-0.2, 0) is 11.3 Å². The predicted molar refractivity (Wildman–Crippen MR) is 120 cm³/mol. The third-order valence-electron chi connectivity index (χ3n) is 4.85. The Morgan fingerprint density at radius 3 is 2.63 bits per heavy atom. The van der Waals surface area contributed by atoms with E-state index in [2.05, 4.69) is 15.3 Å². The molecule has 1 unspecified atom stereocenters. The van der Waals surface area contributed by atoms with E-state index in [4.69, 9.17) is 14.2 Å². The summed E-state index contributed by atoms with van der Waals surface area (Å²) in [6, 6.07) is 11.1. The normalized spacial score (nSPS) is 17.6. The van der Waals surface area contributed by atoms with Crippen LogP contribution in [0.2, 0.25) is 0 Å². The van der Waals surface area contributed by atoms with Crippen LogP contribution in [0.1, 0.15) is 6.42 Å². The first-order chi connectivity index (χ1) is 13.8. The summed E-state index contributed by atoms with van der Waals surface area (Å²) in [4.78, 5) is 14.2. The molecule has 1 atom stereocenters. The summed E-state index contributed by atoms with van der Waals surface area (Å²) < 4.78 is 18.6. The fourth-order valence-electron chi connectivity index (χ4n) is 3.34. The average molecular weight is 459 g/mol. The monoisotopic (exact) mass is 458 g/mol. The quantitative estimate of drug-likeness (QED) is 0.633. The Morgan fingerprint density at radius 1 is 1.07 bits per heavy atom. The second-order valence-corrected chi connectivity index (χ2v) is 6.91. The van der Waals surface area contributed by atoms with E-state index in [1.165, 1.54) is 0 Å². The van der Waals surface area contributed by atoms with Crippen LogP contribution in [0.4, 0.5) is 5.82 Å². The van der Waals surface area contributed by atoms with Crippen molar-refractivity contribution in [3.8, 4) is 11.5 Å². The molecule has 0 aliphatic carbocycles. The molecule has 8 nitrogen and oxygen atoms in total. The van der Waals surface area contributed by atoms with Gasteiger partial charge in [-0.15, -0.1) is 24.8 Å². The van der Waals surface area contributed by atoms with E-state index in [0.717, 1.165) is 43.4 Å². The second-order valence-electron chi connectivity index (χ2n) is 6.91. The number of fused-ring (bicyclic) bond motifs is 1. The van der Waals surface area contributed by atoms with Gasteiger partial charge in [-0.1, -0.05) is 12.1 Å². The first-order valence-corrected chi connectivity index (χ1v) is 9.80. The highest BCUT2D eigenvalue weighted by Crippen LogP contribution is 2.30. The van der Waals surface area contributed by atoms with Crippen LogP contribution in [-0.4, -0.2) is 61.9 Å². The molecule has 1 saturated heterocycles. The molecule has 2 aliphatic heterocycles. The van der Waals surface area contributed by atoms with E-state index < -0.39 is 0 Å². The molecule has 1 aromatic carbocycles. The highest BCUT2D eigenvalue weighted by atomic mass is 35.5. The summed E-state index contributed by atoms with van der Waals surface area (Å²) >= 11 is 0. The highest BCUT2D eigenvalue weighted by Gasteiger charge is 2.20. The summed E-state index contributed by atoms with van der Waals surface area (Å²) in [6.07, 6.45) is 0.796. The first kappa shape index (κ1) is 24.3. The standard InChI is InChI=1S/C20H26N4O4.2ClH/c25-20-7-6-19(23-10-12-26-13-11-23)22-24(20)9-3-8-21-14-16-15-27-17-4-1-2-5-18(17)28-16;;/h1-2,4-7,16,21H,3,8-15H2;2*1H. The minimum absolute atomic E-state index is 0. The Hall–Kier alpha value is -2.00. The number of benzene rings is 1. The second kappa shape index (κ2) is 12.0. The van der Waals surface area contributed by atoms with E-state index in [-0.39, 0.29) is 36.5 Å². The number of hydrogen-bond donors (Lipinski definition) is 1. The number of nitrogens with zero attached hydrogens (tertiary/aromatic N) is 3. The lowest BCUT2D eigenvalue weighted by Gasteiger charge is -2.27. The zero-order valence-electron chi connectivity index (χ0n) is 16.7. The first-order valence-electron chi connectivity index (χ1n) is 9.80. The van der Waals surface area contributed by atoms with E-state index in [1.807, 2.05) is 24.3 Å².